The van der Waals surface area contributed by atoms with E-state index in [1.807, 2.05) is 13.8 Å². The maximum atomic E-state index is 4.29. The second kappa shape index (κ2) is 5.11. The largest absolute Gasteiger partial charge is 0.238 e. The summed E-state index contributed by atoms with van der Waals surface area (Å²) in [6.45, 7) is 4.01. The molecule has 0 amide bonds. The number of hydrogen-bond acceptors (Lipinski definition) is 6. The Balaban J connectivity index is 2.14. The third-order valence-electron chi connectivity index (χ3n) is 1.58. The van der Waals surface area contributed by atoms with Gasteiger partial charge in [0.2, 0.25) is 5.16 Å². The molecule has 16 heavy (non-hydrogen) atoms. The van der Waals surface area contributed by atoms with E-state index in [4.69, 9.17) is 0 Å². The molecule has 9 heteroatoms. The van der Waals surface area contributed by atoms with Gasteiger partial charge >= 0.3 is 0 Å². The lowest BCUT2D eigenvalue weighted by Crippen LogP contribution is -2.04. The van der Waals surface area contributed by atoms with E-state index in [-0.39, 0.29) is 6.04 Å². The van der Waals surface area contributed by atoms with Gasteiger partial charge in [0.1, 0.15) is 8.39 Å². The van der Waals surface area contributed by atoms with Crippen molar-refractivity contribution in [1.29, 1.82) is 0 Å². The molecule has 0 radical (unpaired) electrons. The van der Waals surface area contributed by atoms with E-state index < -0.39 is 0 Å². The van der Waals surface area contributed by atoms with Gasteiger partial charge < -0.3 is 0 Å². The highest BCUT2D eigenvalue weighted by molar-refractivity contribution is 9.13. The number of halogens is 2. The van der Waals surface area contributed by atoms with E-state index >= 15 is 0 Å². The van der Waals surface area contributed by atoms with Gasteiger partial charge in [-0.05, 0) is 62.7 Å². The van der Waals surface area contributed by atoms with Crippen LogP contribution in [0.25, 0.3) is 0 Å². The minimum atomic E-state index is 0.219. The highest BCUT2D eigenvalue weighted by Gasteiger charge is 2.12. The minimum absolute atomic E-state index is 0.219. The van der Waals surface area contributed by atoms with E-state index in [9.17, 15) is 0 Å². The van der Waals surface area contributed by atoms with Crippen molar-refractivity contribution in [3.63, 3.8) is 0 Å². The molecule has 2 rings (SSSR count). The molecular weight excluding hydrogens is 378 g/mol. The fraction of sp³-hybridized carbons (Fsp3) is 0.429. The van der Waals surface area contributed by atoms with Gasteiger partial charge in [-0.25, -0.2) is 4.98 Å². The molecule has 0 unspecified atom stereocenters. The van der Waals surface area contributed by atoms with Gasteiger partial charge in [-0.2, -0.15) is 4.80 Å². The van der Waals surface area contributed by atoms with Crippen LogP contribution in [-0.2, 0) is 0 Å². The Kier molecular flexibility index (Phi) is 3.98. The van der Waals surface area contributed by atoms with Crippen molar-refractivity contribution in [2.75, 3.05) is 0 Å². The first kappa shape index (κ1) is 12.5. The van der Waals surface area contributed by atoms with Crippen molar-refractivity contribution in [1.82, 2.24) is 25.2 Å². The van der Waals surface area contributed by atoms with Gasteiger partial charge in [0.05, 0.1) is 6.04 Å². The molecule has 0 saturated heterocycles. The van der Waals surface area contributed by atoms with E-state index in [0.717, 1.165) is 12.7 Å². The van der Waals surface area contributed by atoms with Crippen molar-refractivity contribution in [3.05, 3.63) is 8.39 Å². The predicted molar refractivity (Wildman–Crippen MR) is 69.8 cm³/mol. The van der Waals surface area contributed by atoms with Gasteiger partial charge in [0.25, 0.3) is 0 Å². The summed E-state index contributed by atoms with van der Waals surface area (Å²) in [5.41, 5.74) is 0. The molecule has 0 aromatic carbocycles. The average Bonchev–Trinajstić information content (AvgIpc) is 2.76. The van der Waals surface area contributed by atoms with Crippen LogP contribution in [-0.4, -0.2) is 25.2 Å². The Morgan fingerprint density at radius 1 is 1.38 bits per heavy atom. The Morgan fingerprint density at radius 3 is 2.62 bits per heavy atom. The van der Waals surface area contributed by atoms with Gasteiger partial charge in [-0.3, -0.25) is 0 Å². The Bertz CT molecular complexity index is 475. The SMILES string of the molecule is CC(C)n1nnc(Sc2nc(Br)c(Br)s2)n1. The van der Waals surface area contributed by atoms with Gasteiger partial charge in [-0.1, -0.05) is 11.3 Å². The summed E-state index contributed by atoms with van der Waals surface area (Å²) in [6, 6.07) is 0.219. The number of aromatic nitrogens is 5. The second-order valence-electron chi connectivity index (χ2n) is 3.13. The van der Waals surface area contributed by atoms with Crippen molar-refractivity contribution in [2.24, 2.45) is 0 Å². The zero-order valence-electron chi connectivity index (χ0n) is 8.39. The third-order valence-corrected chi connectivity index (χ3v) is 5.56. The highest BCUT2D eigenvalue weighted by atomic mass is 79.9. The van der Waals surface area contributed by atoms with Crippen molar-refractivity contribution in [2.45, 2.75) is 29.4 Å². The van der Waals surface area contributed by atoms with Gasteiger partial charge in [0.15, 0.2) is 4.34 Å². The average molecular weight is 385 g/mol. The molecule has 0 aliphatic carbocycles. The molecule has 0 saturated carbocycles. The Hall–Kier alpha value is 0.01000. The van der Waals surface area contributed by atoms with Crippen molar-refractivity contribution < 1.29 is 0 Å². The topological polar surface area (TPSA) is 56.5 Å². The maximum Gasteiger partial charge on any atom is 0.238 e. The lowest BCUT2D eigenvalue weighted by atomic mass is 10.4. The molecule has 86 valence electrons. The Labute approximate surface area is 117 Å². The summed E-state index contributed by atoms with van der Waals surface area (Å²) >= 11 is 9.66. The van der Waals surface area contributed by atoms with Crippen LogP contribution in [0.1, 0.15) is 19.9 Å². The quantitative estimate of drug-likeness (QED) is 0.811. The molecule has 0 aliphatic rings. The molecule has 0 fully saturated rings. The first-order valence-corrected chi connectivity index (χ1v) is 7.57. The van der Waals surface area contributed by atoms with Crippen LogP contribution < -0.4 is 0 Å². The molecule has 0 bridgehead atoms. The normalized spacial score (nSPS) is 11.3. The monoisotopic (exact) mass is 383 g/mol. The van der Waals surface area contributed by atoms with Crippen LogP contribution in [0.2, 0.25) is 0 Å². The summed E-state index contributed by atoms with van der Waals surface area (Å²) in [6.07, 6.45) is 0. The summed E-state index contributed by atoms with van der Waals surface area (Å²) in [7, 11) is 0. The standard InChI is InChI=1S/C7H7Br2N5S2/c1-3(2)14-12-6(11-13-14)16-7-10-4(8)5(9)15-7/h3H,1-2H3. The number of hydrogen-bond donors (Lipinski definition) is 0. The molecular formula is C7H7Br2N5S2. The fourth-order valence-electron chi connectivity index (χ4n) is 0.859. The van der Waals surface area contributed by atoms with E-state index in [2.05, 4.69) is 52.3 Å². The number of thiazole rings is 1. The first-order valence-electron chi connectivity index (χ1n) is 4.35. The maximum absolute atomic E-state index is 4.29. The van der Waals surface area contributed by atoms with E-state index in [0.29, 0.717) is 5.16 Å². The molecule has 5 nitrogen and oxygen atoms in total. The van der Waals surface area contributed by atoms with Crippen LogP contribution in [0.4, 0.5) is 0 Å². The van der Waals surface area contributed by atoms with Crippen LogP contribution in [0.15, 0.2) is 17.9 Å². The predicted octanol–water partition coefficient (Wildman–Crippen LogP) is 3.39. The molecule has 2 heterocycles. The number of rotatable bonds is 3. The van der Waals surface area contributed by atoms with Crippen LogP contribution in [0.3, 0.4) is 0 Å². The van der Waals surface area contributed by atoms with Crippen LogP contribution in [0.5, 0.6) is 0 Å². The van der Waals surface area contributed by atoms with Gasteiger partial charge in [0, 0.05) is 0 Å². The molecule has 0 N–H and O–H groups in total. The minimum Gasteiger partial charge on any atom is -0.221 e. The molecule has 0 atom stereocenters. The smallest absolute Gasteiger partial charge is 0.221 e. The fourth-order valence-corrected chi connectivity index (χ4v) is 3.94. The van der Waals surface area contributed by atoms with Crippen molar-refractivity contribution >= 4 is 55.0 Å². The summed E-state index contributed by atoms with van der Waals surface area (Å²) in [5, 5.41) is 12.8. The molecule has 2 aromatic heterocycles. The second-order valence-corrected chi connectivity index (χ2v) is 7.41. The van der Waals surface area contributed by atoms with E-state index in [1.54, 1.807) is 4.80 Å². The number of tetrazole rings is 1. The summed E-state index contributed by atoms with van der Waals surface area (Å²) in [5.74, 6) is 0. The van der Waals surface area contributed by atoms with Crippen molar-refractivity contribution in [3.8, 4) is 0 Å². The zero-order chi connectivity index (χ0) is 11.7. The lowest BCUT2D eigenvalue weighted by molar-refractivity contribution is 0.452. The number of nitrogens with zero attached hydrogens (tertiary/aromatic N) is 5. The lowest BCUT2D eigenvalue weighted by Gasteiger charge is -1.98. The van der Waals surface area contributed by atoms with Crippen LogP contribution >= 0.6 is 55.0 Å². The highest BCUT2D eigenvalue weighted by Crippen LogP contribution is 2.36. The third kappa shape index (κ3) is 2.82. The van der Waals surface area contributed by atoms with Crippen LogP contribution in [0, 0.1) is 0 Å². The summed E-state index contributed by atoms with van der Waals surface area (Å²) in [4.78, 5) is 5.88. The first-order chi connectivity index (χ1) is 7.56. The van der Waals surface area contributed by atoms with E-state index in [1.165, 1.54) is 23.1 Å². The molecule has 2 aromatic rings. The molecule has 0 spiro atoms. The zero-order valence-corrected chi connectivity index (χ0v) is 13.2. The Morgan fingerprint density at radius 2 is 2.12 bits per heavy atom. The summed E-state index contributed by atoms with van der Waals surface area (Å²) < 4.78 is 2.64. The molecule has 0 aliphatic heterocycles. The van der Waals surface area contributed by atoms with Gasteiger partial charge in [-0.15, -0.1) is 10.2 Å².